The number of aryl methyl sites for hydroxylation is 2. The van der Waals surface area contributed by atoms with Gasteiger partial charge in [-0.1, -0.05) is 17.8 Å². The van der Waals surface area contributed by atoms with Crippen LogP contribution in [0.4, 0.5) is 5.82 Å². The van der Waals surface area contributed by atoms with E-state index in [0.717, 1.165) is 34.7 Å². The molecule has 0 bridgehead atoms. The first kappa shape index (κ1) is 14.8. The van der Waals surface area contributed by atoms with Crippen LogP contribution in [0.3, 0.4) is 0 Å². The van der Waals surface area contributed by atoms with Crippen molar-refractivity contribution in [1.82, 2.24) is 15.0 Å². The standard InChI is InChI=1S/C15H20N4S/c1-5-16-14-13(7-6-8-17-14)9-20-15-18-11(3)10(2)12(4)19-15/h6-8H,5,9H2,1-4H3,(H,16,17). The number of aromatic nitrogens is 3. The molecular weight excluding hydrogens is 268 g/mol. The Bertz CT molecular complexity index is 575. The third-order valence-electron chi connectivity index (χ3n) is 3.20. The number of thioether (sulfide) groups is 1. The van der Waals surface area contributed by atoms with Gasteiger partial charge in [0.05, 0.1) is 0 Å². The van der Waals surface area contributed by atoms with Gasteiger partial charge in [0.1, 0.15) is 5.82 Å². The van der Waals surface area contributed by atoms with Gasteiger partial charge in [-0.3, -0.25) is 0 Å². The summed E-state index contributed by atoms with van der Waals surface area (Å²) in [7, 11) is 0. The van der Waals surface area contributed by atoms with Crippen LogP contribution in [-0.4, -0.2) is 21.5 Å². The van der Waals surface area contributed by atoms with Gasteiger partial charge in [-0.05, 0) is 39.3 Å². The molecule has 0 aliphatic rings. The quantitative estimate of drug-likeness (QED) is 0.674. The molecule has 0 spiro atoms. The van der Waals surface area contributed by atoms with E-state index in [2.05, 4.69) is 40.2 Å². The maximum Gasteiger partial charge on any atom is 0.188 e. The number of nitrogens with zero attached hydrogens (tertiary/aromatic N) is 3. The molecule has 2 heterocycles. The Morgan fingerprint density at radius 1 is 1.15 bits per heavy atom. The van der Waals surface area contributed by atoms with Crippen LogP contribution < -0.4 is 5.32 Å². The first-order valence-corrected chi connectivity index (χ1v) is 7.72. The lowest BCUT2D eigenvalue weighted by molar-refractivity contribution is 0.880. The van der Waals surface area contributed by atoms with Gasteiger partial charge in [-0.15, -0.1) is 0 Å². The van der Waals surface area contributed by atoms with E-state index in [0.29, 0.717) is 0 Å². The van der Waals surface area contributed by atoms with Crippen molar-refractivity contribution in [2.24, 2.45) is 0 Å². The van der Waals surface area contributed by atoms with Gasteiger partial charge in [0.2, 0.25) is 0 Å². The van der Waals surface area contributed by atoms with Crippen molar-refractivity contribution in [1.29, 1.82) is 0 Å². The van der Waals surface area contributed by atoms with Gasteiger partial charge in [0.15, 0.2) is 5.16 Å². The molecule has 1 N–H and O–H groups in total. The topological polar surface area (TPSA) is 50.7 Å². The van der Waals surface area contributed by atoms with Crippen molar-refractivity contribution in [3.8, 4) is 0 Å². The molecule has 2 rings (SSSR count). The predicted octanol–water partition coefficient (Wildman–Crippen LogP) is 3.52. The number of rotatable bonds is 5. The average molecular weight is 288 g/mol. The molecule has 0 aliphatic heterocycles. The summed E-state index contributed by atoms with van der Waals surface area (Å²) in [6.45, 7) is 9.06. The molecule has 0 aromatic carbocycles. The van der Waals surface area contributed by atoms with Gasteiger partial charge in [0, 0.05) is 35.4 Å². The van der Waals surface area contributed by atoms with Crippen molar-refractivity contribution >= 4 is 17.6 Å². The number of pyridine rings is 1. The first-order chi connectivity index (χ1) is 9.61. The van der Waals surface area contributed by atoms with E-state index in [1.165, 1.54) is 11.1 Å². The van der Waals surface area contributed by atoms with Crippen LogP contribution in [0.25, 0.3) is 0 Å². The lowest BCUT2D eigenvalue weighted by Crippen LogP contribution is -2.03. The van der Waals surface area contributed by atoms with Crippen LogP contribution >= 0.6 is 11.8 Å². The summed E-state index contributed by atoms with van der Waals surface area (Å²) in [5, 5.41) is 4.11. The fourth-order valence-corrected chi connectivity index (χ4v) is 2.75. The maximum absolute atomic E-state index is 4.54. The van der Waals surface area contributed by atoms with E-state index in [1.54, 1.807) is 11.8 Å². The van der Waals surface area contributed by atoms with E-state index in [-0.39, 0.29) is 0 Å². The molecule has 0 aliphatic carbocycles. The zero-order valence-corrected chi connectivity index (χ0v) is 13.2. The summed E-state index contributed by atoms with van der Waals surface area (Å²) < 4.78 is 0. The largest absolute Gasteiger partial charge is 0.370 e. The highest BCUT2D eigenvalue weighted by Crippen LogP contribution is 2.24. The molecule has 2 aromatic heterocycles. The molecule has 0 atom stereocenters. The lowest BCUT2D eigenvalue weighted by Gasteiger charge is -2.10. The van der Waals surface area contributed by atoms with Crippen LogP contribution in [0.2, 0.25) is 0 Å². The molecule has 0 fully saturated rings. The summed E-state index contributed by atoms with van der Waals surface area (Å²) >= 11 is 1.65. The fourth-order valence-electron chi connectivity index (χ4n) is 1.83. The van der Waals surface area contributed by atoms with Crippen LogP contribution in [-0.2, 0) is 5.75 Å². The second-order valence-corrected chi connectivity index (χ2v) is 5.57. The van der Waals surface area contributed by atoms with E-state index >= 15 is 0 Å². The van der Waals surface area contributed by atoms with E-state index < -0.39 is 0 Å². The van der Waals surface area contributed by atoms with Crippen LogP contribution in [0.15, 0.2) is 23.5 Å². The fraction of sp³-hybridized carbons (Fsp3) is 0.400. The summed E-state index contributed by atoms with van der Waals surface area (Å²) in [5.74, 6) is 1.76. The van der Waals surface area contributed by atoms with Crippen LogP contribution in [0, 0.1) is 20.8 Å². The zero-order valence-electron chi connectivity index (χ0n) is 12.4. The highest BCUT2D eigenvalue weighted by Gasteiger charge is 2.07. The number of hydrogen-bond donors (Lipinski definition) is 1. The lowest BCUT2D eigenvalue weighted by atomic mass is 10.2. The summed E-state index contributed by atoms with van der Waals surface area (Å²) in [5.41, 5.74) is 4.46. The van der Waals surface area contributed by atoms with Gasteiger partial charge in [0.25, 0.3) is 0 Å². The average Bonchev–Trinajstić information content (AvgIpc) is 2.44. The smallest absolute Gasteiger partial charge is 0.188 e. The minimum atomic E-state index is 0.818. The Morgan fingerprint density at radius 3 is 2.50 bits per heavy atom. The number of nitrogens with one attached hydrogen (secondary N) is 1. The Hall–Kier alpha value is -1.62. The van der Waals surface area contributed by atoms with Crippen molar-refractivity contribution in [2.45, 2.75) is 38.6 Å². The maximum atomic E-state index is 4.54. The second-order valence-electron chi connectivity index (χ2n) is 4.63. The van der Waals surface area contributed by atoms with Crippen molar-refractivity contribution < 1.29 is 0 Å². The van der Waals surface area contributed by atoms with Crippen LogP contribution in [0.1, 0.15) is 29.4 Å². The summed E-state index contributed by atoms with van der Waals surface area (Å²) in [6.07, 6.45) is 1.81. The highest BCUT2D eigenvalue weighted by atomic mass is 32.2. The van der Waals surface area contributed by atoms with E-state index in [1.807, 2.05) is 26.1 Å². The second kappa shape index (κ2) is 6.70. The number of hydrogen-bond acceptors (Lipinski definition) is 5. The molecule has 5 heteroatoms. The van der Waals surface area contributed by atoms with Crippen molar-refractivity contribution in [3.63, 3.8) is 0 Å². The van der Waals surface area contributed by atoms with Crippen molar-refractivity contribution in [2.75, 3.05) is 11.9 Å². The monoisotopic (exact) mass is 288 g/mol. The Balaban J connectivity index is 2.13. The summed E-state index contributed by atoms with van der Waals surface area (Å²) in [4.78, 5) is 13.4. The van der Waals surface area contributed by atoms with Crippen LogP contribution in [0.5, 0.6) is 0 Å². The normalized spacial score (nSPS) is 10.6. The minimum absolute atomic E-state index is 0.818. The minimum Gasteiger partial charge on any atom is -0.370 e. The summed E-state index contributed by atoms with van der Waals surface area (Å²) in [6, 6.07) is 4.05. The first-order valence-electron chi connectivity index (χ1n) is 6.74. The molecule has 4 nitrogen and oxygen atoms in total. The highest BCUT2D eigenvalue weighted by molar-refractivity contribution is 7.98. The molecule has 0 radical (unpaired) electrons. The molecule has 0 amide bonds. The predicted molar refractivity (Wildman–Crippen MR) is 84.2 cm³/mol. The Kier molecular flexibility index (Phi) is 4.95. The zero-order chi connectivity index (χ0) is 14.5. The molecule has 20 heavy (non-hydrogen) atoms. The Morgan fingerprint density at radius 2 is 1.85 bits per heavy atom. The van der Waals surface area contributed by atoms with E-state index in [4.69, 9.17) is 0 Å². The molecule has 0 unspecified atom stereocenters. The third kappa shape index (κ3) is 3.48. The molecule has 106 valence electrons. The Labute approximate surface area is 124 Å². The molecule has 2 aromatic rings. The van der Waals surface area contributed by atoms with Gasteiger partial charge in [-0.2, -0.15) is 0 Å². The van der Waals surface area contributed by atoms with Crippen molar-refractivity contribution in [3.05, 3.63) is 40.8 Å². The molecular formula is C15H20N4S. The molecule has 0 saturated heterocycles. The third-order valence-corrected chi connectivity index (χ3v) is 4.10. The van der Waals surface area contributed by atoms with Gasteiger partial charge in [-0.25, -0.2) is 15.0 Å². The van der Waals surface area contributed by atoms with Gasteiger partial charge >= 0.3 is 0 Å². The van der Waals surface area contributed by atoms with Gasteiger partial charge < -0.3 is 5.32 Å². The number of anilines is 1. The van der Waals surface area contributed by atoms with E-state index in [9.17, 15) is 0 Å². The SMILES string of the molecule is CCNc1ncccc1CSc1nc(C)c(C)c(C)n1. The molecule has 0 saturated carbocycles.